The van der Waals surface area contributed by atoms with Crippen LogP contribution in [0.2, 0.25) is 0 Å². The summed E-state index contributed by atoms with van der Waals surface area (Å²) in [4.78, 5) is 16.1. The van der Waals surface area contributed by atoms with Gasteiger partial charge in [0.2, 0.25) is 5.01 Å². The maximum Gasteiger partial charge on any atom is 0.282 e. The Bertz CT molecular complexity index is 611. The minimum absolute atomic E-state index is 0.221. The zero-order chi connectivity index (χ0) is 13.2. The summed E-state index contributed by atoms with van der Waals surface area (Å²) in [6.07, 6.45) is 4.32. The van der Waals surface area contributed by atoms with Crippen LogP contribution in [-0.2, 0) is 6.54 Å². The van der Waals surface area contributed by atoms with Crippen molar-refractivity contribution in [1.29, 1.82) is 0 Å². The molecule has 1 aliphatic carbocycles. The molecule has 98 valence electrons. The van der Waals surface area contributed by atoms with Crippen LogP contribution >= 0.6 is 27.3 Å². The van der Waals surface area contributed by atoms with Gasteiger partial charge in [-0.05, 0) is 52.4 Å². The van der Waals surface area contributed by atoms with Crippen molar-refractivity contribution in [3.63, 3.8) is 0 Å². The molecule has 3 rings (SSSR count). The highest BCUT2D eigenvalue weighted by Gasteiger charge is 2.23. The van der Waals surface area contributed by atoms with E-state index in [0.717, 1.165) is 5.69 Å². The molecular weight excluding hydrogens is 328 g/mol. The highest BCUT2D eigenvalue weighted by molar-refractivity contribution is 9.11. The summed E-state index contributed by atoms with van der Waals surface area (Å²) in [7, 11) is 0. The average molecular weight is 339 g/mol. The van der Waals surface area contributed by atoms with Gasteiger partial charge < -0.3 is 5.32 Å². The van der Waals surface area contributed by atoms with Gasteiger partial charge in [0.15, 0.2) is 3.92 Å². The highest BCUT2D eigenvalue weighted by Crippen LogP contribution is 2.39. The lowest BCUT2D eigenvalue weighted by atomic mass is 10.1. The van der Waals surface area contributed by atoms with Crippen molar-refractivity contribution in [1.82, 2.24) is 20.5 Å². The minimum Gasteiger partial charge on any atom is -0.344 e. The van der Waals surface area contributed by atoms with Gasteiger partial charge in [0, 0.05) is 6.20 Å². The first kappa shape index (κ1) is 12.7. The van der Waals surface area contributed by atoms with E-state index in [4.69, 9.17) is 0 Å². The van der Waals surface area contributed by atoms with E-state index in [1.165, 1.54) is 29.7 Å². The Morgan fingerprint density at radius 2 is 2.32 bits per heavy atom. The Balaban J connectivity index is 1.62. The van der Waals surface area contributed by atoms with Gasteiger partial charge in [0.25, 0.3) is 5.91 Å². The third-order valence-electron chi connectivity index (χ3n) is 2.91. The molecule has 2 heterocycles. The monoisotopic (exact) mass is 338 g/mol. The van der Waals surface area contributed by atoms with Crippen LogP contribution in [0.4, 0.5) is 0 Å². The topological polar surface area (TPSA) is 67.8 Å². The molecule has 19 heavy (non-hydrogen) atoms. The van der Waals surface area contributed by atoms with Crippen molar-refractivity contribution in [2.45, 2.75) is 25.3 Å². The van der Waals surface area contributed by atoms with E-state index in [1.54, 1.807) is 6.20 Å². The van der Waals surface area contributed by atoms with Crippen LogP contribution in [0.25, 0.3) is 0 Å². The van der Waals surface area contributed by atoms with Crippen LogP contribution < -0.4 is 5.32 Å². The summed E-state index contributed by atoms with van der Waals surface area (Å²) in [5.74, 6) is 0.471. The summed E-state index contributed by atoms with van der Waals surface area (Å²) in [6, 6.07) is 4.11. The number of amides is 1. The number of pyridine rings is 1. The van der Waals surface area contributed by atoms with E-state index in [2.05, 4.69) is 42.5 Å². The maximum absolute atomic E-state index is 11.8. The van der Waals surface area contributed by atoms with Gasteiger partial charge in [-0.2, -0.15) is 0 Å². The van der Waals surface area contributed by atoms with Gasteiger partial charge in [0.1, 0.15) is 0 Å². The van der Waals surface area contributed by atoms with Crippen molar-refractivity contribution in [3.05, 3.63) is 38.5 Å². The Morgan fingerprint density at radius 3 is 3.00 bits per heavy atom. The SMILES string of the molecule is O=C(NCc1cc(C2CC2)ccn1)c1nnc(Br)s1. The van der Waals surface area contributed by atoms with E-state index in [9.17, 15) is 4.79 Å². The average Bonchev–Trinajstić information content (AvgIpc) is 3.19. The van der Waals surface area contributed by atoms with Crippen LogP contribution in [0.5, 0.6) is 0 Å². The Labute approximate surface area is 122 Å². The van der Waals surface area contributed by atoms with Crippen LogP contribution in [0, 0.1) is 0 Å². The van der Waals surface area contributed by atoms with Gasteiger partial charge in [-0.3, -0.25) is 9.78 Å². The maximum atomic E-state index is 11.8. The molecule has 0 aliphatic heterocycles. The molecule has 0 atom stereocenters. The van der Waals surface area contributed by atoms with E-state index in [-0.39, 0.29) is 5.91 Å². The van der Waals surface area contributed by atoms with Gasteiger partial charge >= 0.3 is 0 Å². The summed E-state index contributed by atoms with van der Waals surface area (Å²) in [5, 5.41) is 10.7. The lowest BCUT2D eigenvalue weighted by Gasteiger charge is -2.04. The quantitative estimate of drug-likeness (QED) is 0.929. The first-order valence-electron chi connectivity index (χ1n) is 5.94. The van der Waals surface area contributed by atoms with E-state index in [0.29, 0.717) is 21.4 Å². The van der Waals surface area contributed by atoms with Crippen LogP contribution in [0.1, 0.15) is 39.8 Å². The summed E-state index contributed by atoms with van der Waals surface area (Å²) >= 11 is 4.39. The van der Waals surface area contributed by atoms with E-state index in [1.807, 2.05) is 6.07 Å². The lowest BCUT2D eigenvalue weighted by molar-refractivity contribution is 0.0949. The van der Waals surface area contributed by atoms with Crippen molar-refractivity contribution in [2.24, 2.45) is 0 Å². The van der Waals surface area contributed by atoms with Gasteiger partial charge in [-0.25, -0.2) is 0 Å². The molecule has 1 fully saturated rings. The first-order valence-corrected chi connectivity index (χ1v) is 7.55. The second-order valence-electron chi connectivity index (χ2n) is 4.40. The van der Waals surface area contributed by atoms with Crippen molar-refractivity contribution in [3.8, 4) is 0 Å². The number of hydrogen-bond acceptors (Lipinski definition) is 5. The standard InChI is InChI=1S/C12H11BrN4OS/c13-12-17-16-11(19-12)10(18)15-6-9-5-8(3-4-14-9)7-1-2-7/h3-5,7H,1-2,6H2,(H,15,18). The van der Waals surface area contributed by atoms with Crippen LogP contribution in [-0.4, -0.2) is 21.1 Å². The number of aromatic nitrogens is 3. The summed E-state index contributed by atoms with van der Waals surface area (Å²) in [6.45, 7) is 0.413. The summed E-state index contributed by atoms with van der Waals surface area (Å²) in [5.41, 5.74) is 2.19. The van der Waals surface area contributed by atoms with E-state index >= 15 is 0 Å². The fourth-order valence-electron chi connectivity index (χ4n) is 1.81. The molecule has 1 saturated carbocycles. The molecule has 2 aromatic rings. The molecule has 2 aromatic heterocycles. The minimum atomic E-state index is -0.221. The Kier molecular flexibility index (Phi) is 3.56. The molecule has 0 saturated heterocycles. The lowest BCUT2D eigenvalue weighted by Crippen LogP contribution is -2.23. The number of nitrogens with zero attached hydrogens (tertiary/aromatic N) is 3. The molecule has 1 N–H and O–H groups in total. The molecule has 0 radical (unpaired) electrons. The second-order valence-corrected chi connectivity index (χ2v) is 6.65. The second kappa shape index (κ2) is 5.34. The summed E-state index contributed by atoms with van der Waals surface area (Å²) < 4.78 is 0.603. The van der Waals surface area contributed by atoms with Crippen LogP contribution in [0.15, 0.2) is 22.2 Å². The normalized spacial score (nSPS) is 14.4. The number of carbonyl (C=O) groups is 1. The third-order valence-corrected chi connectivity index (χ3v) is 4.27. The number of hydrogen-bond donors (Lipinski definition) is 1. The molecule has 0 aromatic carbocycles. The smallest absolute Gasteiger partial charge is 0.282 e. The zero-order valence-electron chi connectivity index (χ0n) is 9.97. The largest absolute Gasteiger partial charge is 0.344 e. The predicted octanol–water partition coefficient (Wildman–Crippen LogP) is 2.50. The Morgan fingerprint density at radius 1 is 1.47 bits per heavy atom. The molecule has 1 amide bonds. The van der Waals surface area contributed by atoms with Gasteiger partial charge in [0.05, 0.1) is 12.2 Å². The number of rotatable bonds is 4. The molecule has 7 heteroatoms. The molecule has 0 unspecified atom stereocenters. The molecule has 5 nitrogen and oxygen atoms in total. The molecule has 0 spiro atoms. The van der Waals surface area contributed by atoms with Crippen molar-refractivity contribution < 1.29 is 4.79 Å². The predicted molar refractivity (Wildman–Crippen MR) is 75.0 cm³/mol. The highest BCUT2D eigenvalue weighted by atomic mass is 79.9. The van der Waals surface area contributed by atoms with Gasteiger partial charge in [-0.15, -0.1) is 10.2 Å². The molecule has 0 bridgehead atoms. The Hall–Kier alpha value is -1.34. The third kappa shape index (κ3) is 3.16. The van der Waals surface area contributed by atoms with Crippen LogP contribution in [0.3, 0.4) is 0 Å². The fourth-order valence-corrected chi connectivity index (χ4v) is 2.83. The first-order chi connectivity index (χ1) is 9.22. The van der Waals surface area contributed by atoms with Crippen molar-refractivity contribution in [2.75, 3.05) is 0 Å². The molecule has 1 aliphatic rings. The fraction of sp³-hybridized carbons (Fsp3) is 0.333. The van der Waals surface area contributed by atoms with Crippen molar-refractivity contribution >= 4 is 33.2 Å². The zero-order valence-corrected chi connectivity index (χ0v) is 12.4. The number of halogens is 1. The van der Waals surface area contributed by atoms with Gasteiger partial charge in [-0.1, -0.05) is 11.3 Å². The number of nitrogens with one attached hydrogen (secondary N) is 1. The van der Waals surface area contributed by atoms with E-state index < -0.39 is 0 Å². The molecular formula is C12H11BrN4OS. The number of carbonyl (C=O) groups excluding carboxylic acids is 1.